The first-order valence-corrected chi connectivity index (χ1v) is 14.3. The summed E-state index contributed by atoms with van der Waals surface area (Å²) in [5.74, 6) is -0.338. The van der Waals surface area contributed by atoms with E-state index in [4.69, 9.17) is 5.73 Å². The van der Waals surface area contributed by atoms with Gasteiger partial charge < -0.3 is 32.8 Å². The van der Waals surface area contributed by atoms with Crippen molar-refractivity contribution in [3.8, 4) is 0 Å². The van der Waals surface area contributed by atoms with Crippen LogP contribution in [0.3, 0.4) is 0 Å². The number of nitrogens with two attached hydrogens (primary N) is 1. The summed E-state index contributed by atoms with van der Waals surface area (Å²) in [5.41, 5.74) is 6.31. The summed E-state index contributed by atoms with van der Waals surface area (Å²) < 4.78 is 1.06. The number of halogens is 1. The number of carbonyl (C=O) groups excluding carboxylic acids is 2. The lowest BCUT2D eigenvalue weighted by molar-refractivity contribution is -0.890. The molecule has 0 aliphatic heterocycles. The van der Waals surface area contributed by atoms with Crippen molar-refractivity contribution in [1.29, 1.82) is 0 Å². The highest BCUT2D eigenvalue weighted by molar-refractivity contribution is 5.92. The zero-order chi connectivity index (χ0) is 27.8. The number of nitrogens with zero attached hydrogens (tertiary/aromatic N) is 2. The maximum absolute atomic E-state index is 11.4. The molecule has 6 nitrogen and oxygen atoms in total. The average molecular weight is 545 g/mol. The molecule has 0 bridgehead atoms. The zero-order valence-corrected chi connectivity index (χ0v) is 26.2. The van der Waals surface area contributed by atoms with Crippen molar-refractivity contribution >= 4 is 11.8 Å². The molecule has 0 aromatic heterocycles. The van der Waals surface area contributed by atoms with E-state index in [1.807, 2.05) is 20.2 Å². The molecule has 0 spiro atoms. The third-order valence-electron chi connectivity index (χ3n) is 6.38. The summed E-state index contributed by atoms with van der Waals surface area (Å²) in [5, 5.41) is 2.91. The molecule has 0 saturated heterocycles. The summed E-state index contributed by atoms with van der Waals surface area (Å²) in [6, 6.07) is 0. The molecule has 0 aromatic rings. The standard InChI is InChI=1S/C21H42N2O.C9H18N2O.ClH/c1-6-7-8-9-10-11-12-13-14-15-18-23(4,5)19-16-17-22-21(24)20(2)3;1-8(9(10)12)6-4-5-7-11(2)3;/h2,6-19H2,1,3-5H3;6H,4-5,7H2,1-3H3,(H2,10,12);1H. The van der Waals surface area contributed by atoms with E-state index in [0.29, 0.717) is 11.1 Å². The average Bonchev–Trinajstić information content (AvgIpc) is 2.80. The van der Waals surface area contributed by atoms with Crippen LogP contribution >= 0.6 is 0 Å². The number of amides is 2. The first-order chi connectivity index (χ1) is 16.9. The molecular formula is C30H61ClN4O2. The molecule has 0 aliphatic rings. The fourth-order valence-electron chi connectivity index (χ4n) is 3.83. The predicted octanol–water partition coefficient (Wildman–Crippen LogP) is 2.83. The first kappa shape index (κ1) is 40.1. The highest BCUT2D eigenvalue weighted by Crippen LogP contribution is 2.12. The van der Waals surface area contributed by atoms with E-state index in [1.54, 1.807) is 13.8 Å². The molecule has 0 heterocycles. The van der Waals surface area contributed by atoms with Gasteiger partial charge in [0.2, 0.25) is 11.8 Å². The van der Waals surface area contributed by atoms with Crippen LogP contribution in [0.2, 0.25) is 0 Å². The summed E-state index contributed by atoms with van der Waals surface area (Å²) >= 11 is 0. The number of hydrogen-bond donors (Lipinski definition) is 2. The van der Waals surface area contributed by atoms with Gasteiger partial charge in [0, 0.05) is 24.1 Å². The maximum atomic E-state index is 11.4. The molecule has 0 radical (unpaired) electrons. The Kier molecular flexibility index (Phi) is 28.5. The van der Waals surface area contributed by atoms with Crippen molar-refractivity contribution in [3.05, 3.63) is 23.8 Å². The van der Waals surface area contributed by atoms with Gasteiger partial charge in [0.25, 0.3) is 0 Å². The van der Waals surface area contributed by atoms with Gasteiger partial charge in [-0.25, -0.2) is 0 Å². The Morgan fingerprint density at radius 2 is 1.35 bits per heavy atom. The minimum Gasteiger partial charge on any atom is -1.00 e. The van der Waals surface area contributed by atoms with Gasteiger partial charge in [0.1, 0.15) is 0 Å². The van der Waals surface area contributed by atoms with E-state index in [-0.39, 0.29) is 24.2 Å². The Balaban J connectivity index is -0.000000751. The lowest BCUT2D eigenvalue weighted by Gasteiger charge is -2.30. The highest BCUT2D eigenvalue weighted by Gasteiger charge is 2.14. The van der Waals surface area contributed by atoms with Gasteiger partial charge in [-0.15, -0.1) is 0 Å². The number of nitrogens with one attached hydrogen (secondary N) is 1. The van der Waals surface area contributed by atoms with Crippen molar-refractivity contribution in [2.75, 3.05) is 54.4 Å². The topological polar surface area (TPSA) is 75.4 Å². The number of unbranched alkanes of at least 4 members (excludes halogenated alkanes) is 10. The van der Waals surface area contributed by atoms with E-state index in [2.05, 4.69) is 37.8 Å². The molecule has 220 valence electrons. The number of hydrogen-bond acceptors (Lipinski definition) is 3. The van der Waals surface area contributed by atoms with Crippen LogP contribution in [0.4, 0.5) is 0 Å². The molecule has 0 aliphatic carbocycles. The van der Waals surface area contributed by atoms with Crippen LogP contribution in [0.5, 0.6) is 0 Å². The normalized spacial score (nSPS) is 11.4. The third-order valence-corrected chi connectivity index (χ3v) is 6.38. The fraction of sp³-hybridized carbons (Fsp3) is 0.800. The molecule has 0 rings (SSSR count). The van der Waals surface area contributed by atoms with E-state index in [0.717, 1.165) is 43.4 Å². The number of allylic oxidation sites excluding steroid dienone is 1. The minimum absolute atomic E-state index is 0. The molecule has 7 heteroatoms. The molecule has 37 heavy (non-hydrogen) atoms. The van der Waals surface area contributed by atoms with Gasteiger partial charge >= 0.3 is 0 Å². The summed E-state index contributed by atoms with van der Waals surface area (Å²) in [6.45, 7) is 13.6. The van der Waals surface area contributed by atoms with Crippen molar-refractivity contribution in [3.63, 3.8) is 0 Å². The Labute approximate surface area is 236 Å². The van der Waals surface area contributed by atoms with E-state index < -0.39 is 0 Å². The maximum Gasteiger partial charge on any atom is 0.246 e. The predicted molar refractivity (Wildman–Crippen MR) is 157 cm³/mol. The van der Waals surface area contributed by atoms with Crippen LogP contribution in [0.25, 0.3) is 0 Å². The second-order valence-electron chi connectivity index (χ2n) is 11.2. The van der Waals surface area contributed by atoms with Crippen molar-refractivity contribution in [2.45, 2.75) is 104 Å². The van der Waals surface area contributed by atoms with Gasteiger partial charge in [-0.2, -0.15) is 0 Å². The van der Waals surface area contributed by atoms with Gasteiger partial charge in [-0.05, 0) is 60.2 Å². The Morgan fingerprint density at radius 1 is 0.865 bits per heavy atom. The molecule has 2 amide bonds. The van der Waals surface area contributed by atoms with Crippen LogP contribution in [0, 0.1) is 0 Å². The van der Waals surface area contributed by atoms with Crippen molar-refractivity contribution in [2.24, 2.45) is 5.73 Å². The Morgan fingerprint density at radius 3 is 1.81 bits per heavy atom. The molecule has 0 fully saturated rings. The van der Waals surface area contributed by atoms with E-state index in [1.165, 1.54) is 70.8 Å². The number of quaternary nitrogens is 1. The molecule has 0 saturated carbocycles. The Hall–Kier alpha value is -1.37. The molecule has 0 aromatic carbocycles. The minimum atomic E-state index is -0.320. The van der Waals surface area contributed by atoms with Gasteiger partial charge in [-0.3, -0.25) is 9.59 Å². The lowest BCUT2D eigenvalue weighted by atomic mass is 10.1. The van der Waals surface area contributed by atoms with Crippen LogP contribution in [0.1, 0.15) is 104 Å². The summed E-state index contributed by atoms with van der Waals surface area (Å²) in [6.07, 6.45) is 18.9. The van der Waals surface area contributed by atoms with Crippen LogP contribution in [-0.4, -0.2) is 75.6 Å². The molecule has 3 N–H and O–H groups in total. The summed E-state index contributed by atoms with van der Waals surface area (Å²) in [4.78, 5) is 24.1. The number of carbonyl (C=O) groups is 2. The van der Waals surface area contributed by atoms with Crippen LogP contribution < -0.4 is 23.5 Å². The van der Waals surface area contributed by atoms with Crippen molar-refractivity contribution in [1.82, 2.24) is 10.2 Å². The largest absolute Gasteiger partial charge is 1.00 e. The van der Waals surface area contributed by atoms with Crippen LogP contribution in [0.15, 0.2) is 23.8 Å². The quantitative estimate of drug-likeness (QED) is 0.132. The highest BCUT2D eigenvalue weighted by atomic mass is 35.5. The Bertz CT molecular complexity index is 619. The molecular weight excluding hydrogens is 484 g/mol. The molecule has 0 atom stereocenters. The van der Waals surface area contributed by atoms with Gasteiger partial charge in [0.05, 0.1) is 27.2 Å². The zero-order valence-electron chi connectivity index (χ0n) is 25.5. The lowest BCUT2D eigenvalue weighted by Crippen LogP contribution is -3.00. The van der Waals surface area contributed by atoms with Gasteiger partial charge in [0.15, 0.2) is 0 Å². The second kappa shape index (κ2) is 26.2. The van der Waals surface area contributed by atoms with Crippen molar-refractivity contribution < 1.29 is 26.5 Å². The molecule has 0 unspecified atom stereocenters. The second-order valence-corrected chi connectivity index (χ2v) is 11.2. The SMILES string of the molecule is C=C(C)C(=O)NCCC[N+](C)(C)CCCCCCCCCCCC.CC(=CCCCN(C)C)C(N)=O.[Cl-]. The van der Waals surface area contributed by atoms with E-state index in [9.17, 15) is 9.59 Å². The van der Waals surface area contributed by atoms with E-state index >= 15 is 0 Å². The number of rotatable bonds is 21. The summed E-state index contributed by atoms with van der Waals surface area (Å²) in [7, 11) is 8.66. The number of primary amides is 1. The van der Waals surface area contributed by atoms with Gasteiger partial charge in [-0.1, -0.05) is 70.9 Å². The monoisotopic (exact) mass is 544 g/mol. The first-order valence-electron chi connectivity index (χ1n) is 14.3. The smallest absolute Gasteiger partial charge is 0.246 e. The van der Waals surface area contributed by atoms with Crippen LogP contribution in [-0.2, 0) is 9.59 Å². The fourth-order valence-corrected chi connectivity index (χ4v) is 3.83. The third kappa shape index (κ3) is 30.7.